The third kappa shape index (κ3) is 2.64. The van der Waals surface area contributed by atoms with Gasteiger partial charge in [-0.15, -0.1) is 11.3 Å². The van der Waals surface area contributed by atoms with E-state index in [1.807, 2.05) is 17.5 Å². The molecular weight excluding hydrogens is 322 g/mol. The number of hydrogen-bond acceptors (Lipinski definition) is 4. The summed E-state index contributed by atoms with van der Waals surface area (Å²) in [5.74, 6) is -0.335. The summed E-state index contributed by atoms with van der Waals surface area (Å²) in [7, 11) is 0. The number of benzene rings is 1. The first-order chi connectivity index (χ1) is 11.7. The van der Waals surface area contributed by atoms with Gasteiger partial charge in [0.05, 0.1) is 0 Å². The van der Waals surface area contributed by atoms with Gasteiger partial charge in [-0.2, -0.15) is 0 Å². The normalized spacial score (nSPS) is 13.7. The van der Waals surface area contributed by atoms with Crippen LogP contribution < -0.4 is 16.1 Å². The minimum Gasteiger partial charge on any atom is -0.364 e. The predicted octanol–water partition coefficient (Wildman–Crippen LogP) is 2.17. The predicted molar refractivity (Wildman–Crippen MR) is 95.5 cm³/mol. The molecule has 1 amide bonds. The maximum Gasteiger partial charge on any atom is 0.257 e. The number of carbonyl (C=O) groups is 1. The molecule has 3 aromatic rings. The van der Waals surface area contributed by atoms with E-state index in [1.165, 1.54) is 16.3 Å². The number of nitrogens with one attached hydrogen (secondary N) is 3. The molecule has 5 nitrogen and oxygen atoms in total. The van der Waals surface area contributed by atoms with Crippen LogP contribution in [-0.4, -0.2) is 17.4 Å². The standard InChI is InChI=1S/C18H17N3O2S/c22-16-13-9-19-6-4-15(13)20-10-14(16)18(23)21-8-12-3-1-2-11-5-7-24-17(11)12/h1-3,5,7,10,19H,4,6,8-9H2,(H,20,22)(H,21,23). The Kier molecular flexibility index (Phi) is 3.92. The number of H-pyrrole nitrogens is 1. The van der Waals surface area contributed by atoms with Gasteiger partial charge >= 0.3 is 0 Å². The Morgan fingerprint density at radius 3 is 3.12 bits per heavy atom. The number of hydrogen-bond donors (Lipinski definition) is 3. The molecule has 0 bridgehead atoms. The van der Waals surface area contributed by atoms with Crippen molar-refractivity contribution < 1.29 is 4.79 Å². The highest BCUT2D eigenvalue weighted by Gasteiger charge is 2.18. The van der Waals surface area contributed by atoms with E-state index in [0.29, 0.717) is 18.7 Å². The van der Waals surface area contributed by atoms with Crippen LogP contribution >= 0.6 is 11.3 Å². The molecule has 1 aliphatic heterocycles. The summed E-state index contributed by atoms with van der Waals surface area (Å²) in [4.78, 5) is 28.1. The Bertz CT molecular complexity index is 974. The molecule has 3 N–H and O–H groups in total. The van der Waals surface area contributed by atoms with E-state index in [-0.39, 0.29) is 16.9 Å². The number of rotatable bonds is 3. The second kappa shape index (κ2) is 6.22. The lowest BCUT2D eigenvalue weighted by Crippen LogP contribution is -2.35. The monoisotopic (exact) mass is 339 g/mol. The molecular formula is C18H17N3O2S. The summed E-state index contributed by atoms with van der Waals surface area (Å²) in [5, 5.41) is 9.25. The lowest BCUT2D eigenvalue weighted by molar-refractivity contribution is 0.0949. The molecule has 1 aromatic carbocycles. The fourth-order valence-electron chi connectivity index (χ4n) is 3.08. The van der Waals surface area contributed by atoms with Gasteiger partial charge in [0.25, 0.3) is 5.91 Å². The van der Waals surface area contributed by atoms with E-state index in [2.05, 4.69) is 27.8 Å². The topological polar surface area (TPSA) is 74.0 Å². The van der Waals surface area contributed by atoms with Gasteiger partial charge in [-0.25, -0.2) is 0 Å². The molecule has 0 aliphatic carbocycles. The Morgan fingerprint density at radius 2 is 2.21 bits per heavy atom. The Morgan fingerprint density at radius 1 is 1.29 bits per heavy atom. The molecule has 0 unspecified atom stereocenters. The minimum atomic E-state index is -0.335. The summed E-state index contributed by atoms with van der Waals surface area (Å²) < 4.78 is 1.17. The van der Waals surface area contributed by atoms with E-state index in [0.717, 1.165) is 24.2 Å². The summed E-state index contributed by atoms with van der Waals surface area (Å²) in [6.07, 6.45) is 2.32. The van der Waals surface area contributed by atoms with Gasteiger partial charge in [0.2, 0.25) is 0 Å². The number of carbonyl (C=O) groups excluding carboxylic acids is 1. The van der Waals surface area contributed by atoms with Crippen molar-refractivity contribution in [1.29, 1.82) is 0 Å². The van der Waals surface area contributed by atoms with Crippen molar-refractivity contribution >= 4 is 27.3 Å². The first-order valence-electron chi connectivity index (χ1n) is 7.91. The van der Waals surface area contributed by atoms with Gasteiger partial charge in [-0.05, 0) is 22.4 Å². The molecule has 0 saturated carbocycles. The number of aromatic amines is 1. The van der Waals surface area contributed by atoms with Crippen LogP contribution in [0.25, 0.3) is 10.1 Å². The SMILES string of the molecule is O=C(NCc1cccc2ccsc12)c1c[nH]c2c(c1=O)CNCC2. The highest BCUT2D eigenvalue weighted by Crippen LogP contribution is 2.24. The van der Waals surface area contributed by atoms with Crippen LogP contribution in [0.2, 0.25) is 0 Å². The Labute approximate surface area is 142 Å². The van der Waals surface area contributed by atoms with Gasteiger partial charge in [0.15, 0.2) is 5.43 Å². The fourth-order valence-corrected chi connectivity index (χ4v) is 4.00. The van der Waals surface area contributed by atoms with E-state index < -0.39 is 0 Å². The number of amides is 1. The van der Waals surface area contributed by atoms with Gasteiger partial charge in [-0.1, -0.05) is 18.2 Å². The second-order valence-electron chi connectivity index (χ2n) is 5.85. The van der Waals surface area contributed by atoms with Crippen molar-refractivity contribution in [2.24, 2.45) is 0 Å². The first kappa shape index (κ1) is 15.1. The van der Waals surface area contributed by atoms with Crippen LogP contribution in [0.3, 0.4) is 0 Å². The Hall–Kier alpha value is -2.44. The lowest BCUT2D eigenvalue weighted by atomic mass is 10.0. The maximum absolute atomic E-state index is 12.5. The van der Waals surface area contributed by atoms with Gasteiger partial charge in [-0.3, -0.25) is 9.59 Å². The van der Waals surface area contributed by atoms with Crippen LogP contribution in [-0.2, 0) is 19.5 Å². The molecule has 0 atom stereocenters. The van der Waals surface area contributed by atoms with E-state index in [4.69, 9.17) is 0 Å². The number of fused-ring (bicyclic) bond motifs is 2. The molecule has 0 radical (unpaired) electrons. The quantitative estimate of drug-likeness (QED) is 0.685. The van der Waals surface area contributed by atoms with E-state index in [1.54, 1.807) is 11.3 Å². The zero-order chi connectivity index (χ0) is 16.5. The molecule has 1 aliphatic rings. The number of thiophene rings is 1. The molecule has 3 heterocycles. The van der Waals surface area contributed by atoms with Gasteiger partial charge < -0.3 is 15.6 Å². The van der Waals surface area contributed by atoms with Crippen molar-refractivity contribution in [2.45, 2.75) is 19.5 Å². The smallest absolute Gasteiger partial charge is 0.257 e. The molecule has 24 heavy (non-hydrogen) atoms. The summed E-state index contributed by atoms with van der Waals surface area (Å²) >= 11 is 1.66. The Balaban J connectivity index is 1.57. The molecule has 4 rings (SSSR count). The van der Waals surface area contributed by atoms with Crippen molar-refractivity contribution in [3.63, 3.8) is 0 Å². The highest BCUT2D eigenvalue weighted by molar-refractivity contribution is 7.17. The summed E-state index contributed by atoms with van der Waals surface area (Å²) in [6, 6.07) is 8.10. The lowest BCUT2D eigenvalue weighted by Gasteiger charge is -2.16. The minimum absolute atomic E-state index is 0.177. The average Bonchev–Trinajstić information content (AvgIpc) is 3.09. The van der Waals surface area contributed by atoms with Crippen molar-refractivity contribution in [2.75, 3.05) is 6.54 Å². The molecule has 6 heteroatoms. The maximum atomic E-state index is 12.5. The summed E-state index contributed by atoms with van der Waals surface area (Å²) in [5.41, 5.74) is 2.67. The average molecular weight is 339 g/mol. The molecule has 122 valence electrons. The first-order valence-corrected chi connectivity index (χ1v) is 8.79. The van der Waals surface area contributed by atoms with Crippen molar-refractivity contribution in [3.8, 4) is 0 Å². The summed E-state index contributed by atoms with van der Waals surface area (Å²) in [6.45, 7) is 1.77. The van der Waals surface area contributed by atoms with Gasteiger partial charge in [0.1, 0.15) is 5.56 Å². The molecule has 0 fully saturated rings. The fraction of sp³-hybridized carbons (Fsp3) is 0.222. The highest BCUT2D eigenvalue weighted by atomic mass is 32.1. The molecule has 0 saturated heterocycles. The van der Waals surface area contributed by atoms with E-state index in [9.17, 15) is 9.59 Å². The van der Waals surface area contributed by atoms with Crippen LogP contribution in [0.5, 0.6) is 0 Å². The number of aromatic nitrogens is 1. The van der Waals surface area contributed by atoms with Crippen LogP contribution in [0.4, 0.5) is 0 Å². The zero-order valence-corrected chi connectivity index (χ0v) is 13.8. The zero-order valence-electron chi connectivity index (χ0n) is 13.0. The van der Waals surface area contributed by atoms with Crippen molar-refractivity contribution in [3.05, 3.63) is 68.4 Å². The number of pyridine rings is 1. The molecule has 0 spiro atoms. The van der Waals surface area contributed by atoms with Gasteiger partial charge in [0, 0.05) is 48.2 Å². The van der Waals surface area contributed by atoms with Crippen molar-refractivity contribution in [1.82, 2.24) is 15.6 Å². The van der Waals surface area contributed by atoms with Crippen LogP contribution in [0.1, 0.15) is 27.2 Å². The van der Waals surface area contributed by atoms with Crippen LogP contribution in [0, 0.1) is 0 Å². The third-order valence-electron chi connectivity index (χ3n) is 4.37. The van der Waals surface area contributed by atoms with E-state index >= 15 is 0 Å². The largest absolute Gasteiger partial charge is 0.364 e. The molecule has 2 aromatic heterocycles. The van der Waals surface area contributed by atoms with Crippen LogP contribution in [0.15, 0.2) is 40.6 Å². The third-order valence-corrected chi connectivity index (χ3v) is 5.38. The second-order valence-corrected chi connectivity index (χ2v) is 6.77.